The van der Waals surface area contributed by atoms with Crippen LogP contribution in [-0.2, 0) is 19.4 Å². The number of aryl methyl sites for hydroxylation is 1. The van der Waals surface area contributed by atoms with Crippen LogP contribution in [0.3, 0.4) is 0 Å². The number of rotatable bonds is 4. The molecule has 1 aromatic rings. The van der Waals surface area contributed by atoms with E-state index in [-0.39, 0.29) is 9.80 Å². The maximum absolute atomic E-state index is 12.3. The average molecular weight is 268 g/mol. The van der Waals surface area contributed by atoms with Crippen LogP contribution in [0.25, 0.3) is 0 Å². The van der Waals surface area contributed by atoms with Gasteiger partial charge in [0.15, 0.2) is 4.91 Å². The lowest BCUT2D eigenvalue weighted by molar-refractivity contribution is -0.135. The fourth-order valence-electron chi connectivity index (χ4n) is 1.43. The van der Waals surface area contributed by atoms with Crippen LogP contribution in [0.4, 0.5) is 0 Å². The summed E-state index contributed by atoms with van der Waals surface area (Å²) in [6.45, 7) is 3.62. The van der Waals surface area contributed by atoms with Gasteiger partial charge in [-0.3, -0.25) is 0 Å². The van der Waals surface area contributed by atoms with Gasteiger partial charge in [0.25, 0.3) is 0 Å². The summed E-state index contributed by atoms with van der Waals surface area (Å²) in [5.41, 5.74) is 0.952. The largest absolute Gasteiger partial charge is 0.465 e. The van der Waals surface area contributed by atoms with Gasteiger partial charge in [-0.1, -0.05) is 30.7 Å². The molecule has 0 N–H and O–H groups in total. The number of ether oxygens (including phenoxy) is 1. The van der Waals surface area contributed by atoms with Gasteiger partial charge in [-0.2, -0.15) is 0 Å². The highest BCUT2D eigenvalue weighted by Crippen LogP contribution is 2.21. The van der Waals surface area contributed by atoms with Crippen LogP contribution in [0.2, 0.25) is 0 Å². The zero-order valence-corrected chi connectivity index (χ0v) is 11.5. The number of benzene rings is 1. The van der Waals surface area contributed by atoms with E-state index in [2.05, 4.69) is 4.74 Å². The van der Waals surface area contributed by atoms with Crippen LogP contribution in [0.15, 0.2) is 40.1 Å². The zero-order chi connectivity index (χ0) is 13.8. The van der Waals surface area contributed by atoms with Gasteiger partial charge >= 0.3 is 5.97 Å². The van der Waals surface area contributed by atoms with E-state index >= 15 is 0 Å². The summed E-state index contributed by atoms with van der Waals surface area (Å²) < 4.78 is 29.0. The lowest BCUT2D eigenvalue weighted by Gasteiger charge is -2.07. The van der Waals surface area contributed by atoms with Gasteiger partial charge in [0.1, 0.15) is 0 Å². The molecule has 0 aliphatic heterocycles. The predicted molar refractivity (Wildman–Crippen MR) is 68.8 cm³/mol. The molecule has 98 valence electrons. The Balaban J connectivity index is 3.30. The van der Waals surface area contributed by atoms with Crippen LogP contribution >= 0.6 is 0 Å². The molecule has 18 heavy (non-hydrogen) atoms. The minimum absolute atomic E-state index is 0.0956. The molecule has 0 aliphatic rings. The highest BCUT2D eigenvalue weighted by molar-refractivity contribution is 7.96. The second-order valence-electron chi connectivity index (χ2n) is 3.78. The molecule has 1 rings (SSSR count). The molecule has 0 aliphatic carbocycles. The SMILES string of the molecule is CCC=C(C(=O)OC)S(=O)(=O)c1ccc(C)cc1. The molecule has 0 unspecified atom stereocenters. The van der Waals surface area contributed by atoms with Crippen LogP contribution in [0.5, 0.6) is 0 Å². The van der Waals surface area contributed by atoms with Crippen LogP contribution in [-0.4, -0.2) is 21.5 Å². The van der Waals surface area contributed by atoms with Crippen molar-refractivity contribution in [3.8, 4) is 0 Å². The van der Waals surface area contributed by atoms with E-state index in [0.29, 0.717) is 6.42 Å². The van der Waals surface area contributed by atoms with E-state index in [4.69, 9.17) is 0 Å². The average Bonchev–Trinajstić information content (AvgIpc) is 2.35. The molecule has 0 saturated carbocycles. The summed E-state index contributed by atoms with van der Waals surface area (Å²) in [4.78, 5) is 11.3. The van der Waals surface area contributed by atoms with E-state index in [1.165, 1.54) is 18.2 Å². The maximum Gasteiger partial charge on any atom is 0.349 e. The molecule has 0 heterocycles. The van der Waals surface area contributed by atoms with E-state index in [1.54, 1.807) is 19.1 Å². The lowest BCUT2D eigenvalue weighted by atomic mass is 10.2. The van der Waals surface area contributed by atoms with Crippen molar-refractivity contribution in [1.29, 1.82) is 0 Å². The summed E-state index contributed by atoms with van der Waals surface area (Å²) >= 11 is 0. The van der Waals surface area contributed by atoms with E-state index in [1.807, 2.05) is 6.92 Å². The predicted octanol–water partition coefficient (Wildman–Crippen LogP) is 2.24. The zero-order valence-electron chi connectivity index (χ0n) is 10.6. The number of hydrogen-bond acceptors (Lipinski definition) is 4. The van der Waals surface area contributed by atoms with Gasteiger partial charge in [0.2, 0.25) is 9.84 Å². The van der Waals surface area contributed by atoms with Gasteiger partial charge in [0.05, 0.1) is 12.0 Å². The molecule has 5 heteroatoms. The van der Waals surface area contributed by atoms with Crippen LogP contribution in [0, 0.1) is 6.92 Å². The molecular formula is C13H16O4S. The Morgan fingerprint density at radius 2 is 1.83 bits per heavy atom. The number of carbonyl (C=O) groups is 1. The quantitative estimate of drug-likeness (QED) is 0.620. The summed E-state index contributed by atoms with van der Waals surface area (Å²) in [7, 11) is -2.64. The van der Waals surface area contributed by atoms with Gasteiger partial charge in [-0.15, -0.1) is 0 Å². The molecule has 0 aromatic heterocycles. The Labute approximate surface area is 107 Å². The fourth-order valence-corrected chi connectivity index (χ4v) is 2.87. The Morgan fingerprint density at radius 1 is 1.28 bits per heavy atom. The summed E-state index contributed by atoms with van der Waals surface area (Å²) in [5, 5.41) is 0. The number of allylic oxidation sites excluding steroid dienone is 1. The van der Waals surface area contributed by atoms with Crippen molar-refractivity contribution in [2.24, 2.45) is 0 Å². The normalized spacial score (nSPS) is 12.3. The van der Waals surface area contributed by atoms with Crippen LogP contribution < -0.4 is 0 Å². The third-order valence-electron chi connectivity index (χ3n) is 2.40. The topological polar surface area (TPSA) is 60.4 Å². The minimum Gasteiger partial charge on any atom is -0.465 e. The highest BCUT2D eigenvalue weighted by Gasteiger charge is 2.27. The van der Waals surface area contributed by atoms with Crippen molar-refractivity contribution in [1.82, 2.24) is 0 Å². The second kappa shape index (κ2) is 5.82. The van der Waals surface area contributed by atoms with Crippen LogP contribution in [0.1, 0.15) is 18.9 Å². The van der Waals surface area contributed by atoms with Gasteiger partial charge < -0.3 is 4.74 Å². The third-order valence-corrected chi connectivity index (χ3v) is 4.20. The lowest BCUT2D eigenvalue weighted by Crippen LogP contribution is -2.15. The molecule has 4 nitrogen and oxygen atoms in total. The standard InChI is InChI=1S/C13H16O4S/c1-4-5-12(13(14)17-3)18(15,16)11-8-6-10(2)7-9-11/h5-9H,4H2,1-3H3. The van der Waals surface area contributed by atoms with Crippen molar-refractivity contribution in [3.05, 3.63) is 40.8 Å². The third kappa shape index (κ3) is 2.98. The number of hydrogen-bond donors (Lipinski definition) is 0. The maximum atomic E-state index is 12.3. The first-order chi connectivity index (χ1) is 8.43. The molecule has 0 fully saturated rings. The van der Waals surface area contributed by atoms with Crippen molar-refractivity contribution < 1.29 is 17.9 Å². The number of sulfone groups is 1. The fraction of sp³-hybridized carbons (Fsp3) is 0.308. The first-order valence-electron chi connectivity index (χ1n) is 5.53. The Hall–Kier alpha value is -1.62. The second-order valence-corrected chi connectivity index (χ2v) is 5.70. The Morgan fingerprint density at radius 3 is 2.28 bits per heavy atom. The monoisotopic (exact) mass is 268 g/mol. The smallest absolute Gasteiger partial charge is 0.349 e. The van der Waals surface area contributed by atoms with Crippen molar-refractivity contribution >= 4 is 15.8 Å². The number of esters is 1. The molecule has 0 amide bonds. The van der Waals surface area contributed by atoms with Gasteiger partial charge in [-0.05, 0) is 25.5 Å². The van der Waals surface area contributed by atoms with Crippen molar-refractivity contribution in [2.75, 3.05) is 7.11 Å². The van der Waals surface area contributed by atoms with Gasteiger partial charge in [-0.25, -0.2) is 13.2 Å². The number of methoxy groups -OCH3 is 1. The first kappa shape index (κ1) is 14.4. The Kier molecular flexibility index (Phi) is 4.67. The van der Waals surface area contributed by atoms with Crippen molar-refractivity contribution in [2.45, 2.75) is 25.2 Å². The molecule has 0 radical (unpaired) electrons. The molecule has 0 bridgehead atoms. The van der Waals surface area contributed by atoms with E-state index in [9.17, 15) is 13.2 Å². The molecule has 0 saturated heterocycles. The molecular weight excluding hydrogens is 252 g/mol. The minimum atomic E-state index is -3.80. The van der Waals surface area contributed by atoms with E-state index < -0.39 is 15.8 Å². The Bertz CT molecular complexity index is 553. The summed E-state index contributed by atoms with van der Waals surface area (Å²) in [5.74, 6) is -0.836. The number of carbonyl (C=O) groups excluding carboxylic acids is 1. The molecule has 0 atom stereocenters. The molecule has 0 spiro atoms. The first-order valence-corrected chi connectivity index (χ1v) is 7.02. The van der Waals surface area contributed by atoms with E-state index in [0.717, 1.165) is 12.7 Å². The van der Waals surface area contributed by atoms with Gasteiger partial charge in [0, 0.05) is 0 Å². The highest BCUT2D eigenvalue weighted by atomic mass is 32.2. The summed E-state index contributed by atoms with van der Waals surface area (Å²) in [6.07, 6.45) is 1.80. The summed E-state index contributed by atoms with van der Waals surface area (Å²) in [6, 6.07) is 6.34. The van der Waals surface area contributed by atoms with Crippen molar-refractivity contribution in [3.63, 3.8) is 0 Å². The molecule has 1 aromatic carbocycles.